The molecule has 0 bridgehead atoms. The molecule has 2 saturated heterocycles. The van der Waals surface area contributed by atoms with Crippen molar-refractivity contribution in [1.82, 2.24) is 9.80 Å². The van der Waals surface area contributed by atoms with Crippen LogP contribution >= 0.6 is 11.6 Å². The topological polar surface area (TPSA) is 68.3 Å². The van der Waals surface area contributed by atoms with Crippen molar-refractivity contribution in [3.05, 3.63) is 29.3 Å². The zero-order valence-electron chi connectivity index (χ0n) is 18.6. The van der Waals surface area contributed by atoms with Gasteiger partial charge in [-0.15, -0.1) is 0 Å². The van der Waals surface area contributed by atoms with Gasteiger partial charge in [-0.25, -0.2) is 0 Å². The molecule has 1 unspecified atom stereocenters. The van der Waals surface area contributed by atoms with E-state index >= 15 is 0 Å². The summed E-state index contributed by atoms with van der Waals surface area (Å²) in [5.74, 6) is 0.910. The van der Waals surface area contributed by atoms with E-state index in [0.29, 0.717) is 56.8 Å². The fourth-order valence-electron chi connectivity index (χ4n) is 4.86. The summed E-state index contributed by atoms with van der Waals surface area (Å²) in [5.41, 5.74) is -0.889. The molecule has 1 atom stereocenters. The summed E-state index contributed by atoms with van der Waals surface area (Å²) in [6.07, 6.45) is 5.50. The predicted molar refractivity (Wildman–Crippen MR) is 121 cm³/mol. The number of hydrogen-bond donors (Lipinski definition) is 0. The lowest BCUT2D eigenvalue weighted by Crippen LogP contribution is -2.59. The van der Waals surface area contributed by atoms with Crippen LogP contribution in [0.4, 0.5) is 0 Å². The third kappa shape index (κ3) is 5.94. The molecule has 2 amide bonds. The molecule has 0 aromatic heterocycles. The highest BCUT2D eigenvalue weighted by Crippen LogP contribution is 2.30. The number of rotatable bonds is 6. The van der Waals surface area contributed by atoms with E-state index < -0.39 is 5.60 Å². The number of amides is 2. The minimum absolute atomic E-state index is 0.00922. The van der Waals surface area contributed by atoms with Crippen molar-refractivity contribution in [2.24, 2.45) is 5.92 Å². The van der Waals surface area contributed by atoms with Crippen molar-refractivity contribution in [2.75, 3.05) is 52.6 Å². The number of morpholine rings is 2. The summed E-state index contributed by atoms with van der Waals surface area (Å²) < 4.78 is 17.6. The molecule has 7 nitrogen and oxygen atoms in total. The maximum absolute atomic E-state index is 13.2. The van der Waals surface area contributed by atoms with Crippen LogP contribution in [0.15, 0.2) is 24.3 Å². The zero-order chi connectivity index (χ0) is 22.4. The number of hydrogen-bond acceptors (Lipinski definition) is 5. The molecule has 3 aliphatic rings. The molecule has 32 heavy (non-hydrogen) atoms. The van der Waals surface area contributed by atoms with E-state index in [1.165, 1.54) is 6.42 Å². The number of carbonyl (C=O) groups excluding carboxylic acids is 2. The quantitative estimate of drug-likeness (QED) is 0.647. The van der Waals surface area contributed by atoms with Crippen LogP contribution in [0.1, 0.15) is 38.5 Å². The average Bonchev–Trinajstić information content (AvgIpc) is 2.84. The molecule has 2 aliphatic heterocycles. The Bertz CT molecular complexity index is 794. The SMILES string of the molecule is O=C(CC1(COc2cccc(Cl)c2)CN(C(=O)C2CCCCC2)CCO1)N1CCOCC1. The third-order valence-electron chi connectivity index (χ3n) is 6.65. The van der Waals surface area contributed by atoms with Gasteiger partial charge in [0, 0.05) is 30.6 Å². The van der Waals surface area contributed by atoms with Gasteiger partial charge in [0.15, 0.2) is 0 Å². The summed E-state index contributed by atoms with van der Waals surface area (Å²) >= 11 is 6.10. The van der Waals surface area contributed by atoms with E-state index in [2.05, 4.69) is 0 Å². The maximum atomic E-state index is 13.2. The number of nitrogens with zero attached hydrogens (tertiary/aromatic N) is 2. The smallest absolute Gasteiger partial charge is 0.225 e. The van der Waals surface area contributed by atoms with Gasteiger partial charge in [-0.1, -0.05) is 36.9 Å². The van der Waals surface area contributed by atoms with Gasteiger partial charge in [0.05, 0.1) is 32.8 Å². The first kappa shape index (κ1) is 23.3. The van der Waals surface area contributed by atoms with Gasteiger partial charge >= 0.3 is 0 Å². The molecule has 0 spiro atoms. The van der Waals surface area contributed by atoms with E-state index in [-0.39, 0.29) is 30.8 Å². The summed E-state index contributed by atoms with van der Waals surface area (Å²) in [6, 6.07) is 7.18. The summed E-state index contributed by atoms with van der Waals surface area (Å²) in [7, 11) is 0. The monoisotopic (exact) mass is 464 g/mol. The first-order valence-corrected chi connectivity index (χ1v) is 12.1. The van der Waals surface area contributed by atoms with Crippen molar-refractivity contribution in [2.45, 2.75) is 44.1 Å². The highest BCUT2D eigenvalue weighted by Gasteiger charge is 2.43. The van der Waals surface area contributed by atoms with Crippen molar-refractivity contribution in [3.63, 3.8) is 0 Å². The molecule has 1 aromatic rings. The van der Waals surface area contributed by atoms with E-state index in [4.69, 9.17) is 25.8 Å². The molecule has 1 aliphatic carbocycles. The Hall–Kier alpha value is -1.83. The van der Waals surface area contributed by atoms with Crippen LogP contribution in [0.3, 0.4) is 0 Å². The van der Waals surface area contributed by atoms with Gasteiger partial charge in [-0.3, -0.25) is 9.59 Å². The summed E-state index contributed by atoms with van der Waals surface area (Å²) in [4.78, 5) is 30.1. The Balaban J connectivity index is 1.48. The van der Waals surface area contributed by atoms with E-state index in [1.54, 1.807) is 12.1 Å². The maximum Gasteiger partial charge on any atom is 0.225 e. The van der Waals surface area contributed by atoms with E-state index in [0.717, 1.165) is 25.7 Å². The van der Waals surface area contributed by atoms with Crippen molar-refractivity contribution in [3.8, 4) is 5.75 Å². The lowest BCUT2D eigenvalue weighted by atomic mass is 9.87. The Morgan fingerprint density at radius 3 is 2.56 bits per heavy atom. The molecular formula is C24H33ClN2O5. The lowest BCUT2D eigenvalue weighted by Gasteiger charge is -2.44. The van der Waals surface area contributed by atoms with Gasteiger partial charge in [-0.05, 0) is 31.0 Å². The van der Waals surface area contributed by atoms with Crippen LogP contribution in [0.5, 0.6) is 5.75 Å². The van der Waals surface area contributed by atoms with Gasteiger partial charge in [-0.2, -0.15) is 0 Å². The summed E-state index contributed by atoms with van der Waals surface area (Å²) in [5, 5.41) is 0.583. The molecule has 0 N–H and O–H groups in total. The Labute approximate surface area is 194 Å². The minimum atomic E-state index is -0.889. The lowest BCUT2D eigenvalue weighted by molar-refractivity contribution is -0.169. The van der Waals surface area contributed by atoms with Gasteiger partial charge in [0.25, 0.3) is 0 Å². The molecule has 1 saturated carbocycles. The standard InChI is InChI=1S/C24H33ClN2O5/c25-20-7-4-8-21(15-20)31-18-24(16-22(28)26-9-12-30-13-10-26)17-27(11-14-32-24)23(29)19-5-2-1-3-6-19/h4,7-8,15,19H,1-3,5-6,9-14,16-18H2. The van der Waals surface area contributed by atoms with Crippen molar-refractivity contribution in [1.29, 1.82) is 0 Å². The Morgan fingerprint density at radius 1 is 1.06 bits per heavy atom. The van der Waals surface area contributed by atoms with Crippen LogP contribution in [0, 0.1) is 5.92 Å². The third-order valence-corrected chi connectivity index (χ3v) is 6.88. The number of benzene rings is 1. The van der Waals surface area contributed by atoms with E-state index in [1.807, 2.05) is 21.9 Å². The summed E-state index contributed by atoms with van der Waals surface area (Å²) in [6.45, 7) is 3.74. The fraction of sp³-hybridized carbons (Fsp3) is 0.667. The van der Waals surface area contributed by atoms with Gasteiger partial charge in [0.1, 0.15) is 18.0 Å². The fourth-order valence-corrected chi connectivity index (χ4v) is 5.04. The second-order valence-corrected chi connectivity index (χ2v) is 9.48. The molecule has 2 heterocycles. The highest BCUT2D eigenvalue weighted by molar-refractivity contribution is 6.30. The highest BCUT2D eigenvalue weighted by atomic mass is 35.5. The first-order chi connectivity index (χ1) is 15.5. The zero-order valence-corrected chi connectivity index (χ0v) is 19.4. The van der Waals surface area contributed by atoms with Crippen molar-refractivity contribution < 1.29 is 23.8 Å². The average molecular weight is 465 g/mol. The van der Waals surface area contributed by atoms with Crippen molar-refractivity contribution >= 4 is 23.4 Å². The second-order valence-electron chi connectivity index (χ2n) is 9.04. The predicted octanol–water partition coefficient (Wildman–Crippen LogP) is 3.15. The largest absolute Gasteiger partial charge is 0.490 e. The van der Waals surface area contributed by atoms with Gasteiger partial charge < -0.3 is 24.0 Å². The van der Waals surface area contributed by atoms with Crippen LogP contribution in [0.2, 0.25) is 5.02 Å². The first-order valence-electron chi connectivity index (χ1n) is 11.7. The molecule has 0 radical (unpaired) electrons. The molecule has 176 valence electrons. The Kier molecular flexibility index (Phi) is 7.92. The van der Waals surface area contributed by atoms with Gasteiger partial charge in [0.2, 0.25) is 11.8 Å². The van der Waals surface area contributed by atoms with Crippen LogP contribution in [-0.4, -0.2) is 79.8 Å². The van der Waals surface area contributed by atoms with Crippen LogP contribution < -0.4 is 4.74 Å². The number of carbonyl (C=O) groups is 2. The molecule has 4 rings (SSSR count). The van der Waals surface area contributed by atoms with Crippen LogP contribution in [-0.2, 0) is 19.1 Å². The molecule has 1 aromatic carbocycles. The minimum Gasteiger partial charge on any atom is -0.490 e. The number of ether oxygens (including phenoxy) is 3. The molecule has 8 heteroatoms. The molecule has 3 fully saturated rings. The Morgan fingerprint density at radius 2 is 1.81 bits per heavy atom. The van der Waals surface area contributed by atoms with E-state index in [9.17, 15) is 9.59 Å². The molecular weight excluding hydrogens is 432 g/mol. The number of halogens is 1. The second kappa shape index (κ2) is 10.9. The normalized spacial score (nSPS) is 24.9. The van der Waals surface area contributed by atoms with Crippen LogP contribution in [0.25, 0.3) is 0 Å².